The number of hydrogen-bond donors (Lipinski definition) is 1. The molecular formula is C17H19BrFN. The van der Waals surface area contributed by atoms with Gasteiger partial charge in [-0.15, -0.1) is 0 Å². The van der Waals surface area contributed by atoms with E-state index < -0.39 is 5.54 Å². The minimum absolute atomic E-state index is 0.244. The second kappa shape index (κ2) is 5.66. The Morgan fingerprint density at radius 2 is 1.85 bits per heavy atom. The normalized spacial score (nSPS) is 14.1. The molecule has 1 atom stereocenters. The highest BCUT2D eigenvalue weighted by atomic mass is 79.9. The van der Waals surface area contributed by atoms with Gasteiger partial charge in [-0.1, -0.05) is 39.7 Å². The molecule has 0 bridgehead atoms. The second-order valence-corrected chi connectivity index (χ2v) is 6.61. The fraction of sp³-hybridized carbons (Fsp3) is 0.294. The predicted molar refractivity (Wildman–Crippen MR) is 85.3 cm³/mol. The third-order valence-electron chi connectivity index (χ3n) is 3.50. The summed E-state index contributed by atoms with van der Waals surface area (Å²) >= 11 is 3.32. The van der Waals surface area contributed by atoms with Crippen molar-refractivity contribution < 1.29 is 4.39 Å². The molecule has 2 aromatic carbocycles. The molecule has 0 aliphatic carbocycles. The molecule has 0 spiro atoms. The highest BCUT2D eigenvalue weighted by Gasteiger charge is 2.24. The maximum Gasteiger partial charge on any atom is 0.124 e. The fourth-order valence-electron chi connectivity index (χ4n) is 2.58. The van der Waals surface area contributed by atoms with Gasteiger partial charge >= 0.3 is 0 Å². The molecule has 0 saturated carbocycles. The van der Waals surface area contributed by atoms with Crippen molar-refractivity contribution in [1.82, 2.24) is 0 Å². The van der Waals surface area contributed by atoms with E-state index in [9.17, 15) is 4.39 Å². The van der Waals surface area contributed by atoms with E-state index in [0.717, 1.165) is 21.2 Å². The summed E-state index contributed by atoms with van der Waals surface area (Å²) < 4.78 is 14.2. The van der Waals surface area contributed by atoms with E-state index in [1.54, 1.807) is 6.07 Å². The van der Waals surface area contributed by atoms with E-state index >= 15 is 0 Å². The molecule has 0 aliphatic rings. The van der Waals surface area contributed by atoms with E-state index in [1.165, 1.54) is 11.6 Å². The van der Waals surface area contributed by atoms with Crippen molar-refractivity contribution in [3.8, 4) is 0 Å². The largest absolute Gasteiger partial charge is 0.321 e. The number of halogens is 2. The number of benzene rings is 2. The van der Waals surface area contributed by atoms with E-state index in [0.29, 0.717) is 6.42 Å². The zero-order chi connectivity index (χ0) is 14.9. The molecule has 2 N–H and O–H groups in total. The van der Waals surface area contributed by atoms with Gasteiger partial charge < -0.3 is 5.73 Å². The summed E-state index contributed by atoms with van der Waals surface area (Å²) in [7, 11) is 0. The van der Waals surface area contributed by atoms with E-state index in [1.807, 2.05) is 13.0 Å². The molecule has 106 valence electrons. The Morgan fingerprint density at radius 1 is 1.15 bits per heavy atom. The zero-order valence-electron chi connectivity index (χ0n) is 12.0. The van der Waals surface area contributed by atoms with Crippen LogP contribution < -0.4 is 5.73 Å². The van der Waals surface area contributed by atoms with Gasteiger partial charge in [-0.25, -0.2) is 4.39 Å². The van der Waals surface area contributed by atoms with E-state index in [-0.39, 0.29) is 5.82 Å². The van der Waals surface area contributed by atoms with Crippen molar-refractivity contribution in [2.75, 3.05) is 0 Å². The van der Waals surface area contributed by atoms with Crippen LogP contribution in [0.2, 0.25) is 0 Å². The highest BCUT2D eigenvalue weighted by molar-refractivity contribution is 9.10. The molecule has 0 aliphatic heterocycles. The van der Waals surface area contributed by atoms with Crippen LogP contribution in [0.5, 0.6) is 0 Å². The second-order valence-electron chi connectivity index (χ2n) is 5.69. The van der Waals surface area contributed by atoms with Gasteiger partial charge in [-0.05, 0) is 62.1 Å². The monoisotopic (exact) mass is 335 g/mol. The van der Waals surface area contributed by atoms with E-state index in [4.69, 9.17) is 5.73 Å². The SMILES string of the molecule is Cc1ccc(C)c(C(C)(N)Cc2cc(F)cc(Br)c2)c1. The zero-order valence-corrected chi connectivity index (χ0v) is 13.6. The summed E-state index contributed by atoms with van der Waals surface area (Å²) in [5, 5.41) is 0. The third kappa shape index (κ3) is 3.47. The lowest BCUT2D eigenvalue weighted by Gasteiger charge is -2.28. The molecule has 0 fully saturated rings. The van der Waals surface area contributed by atoms with Gasteiger partial charge in [0.15, 0.2) is 0 Å². The van der Waals surface area contributed by atoms with Crippen LogP contribution >= 0.6 is 15.9 Å². The van der Waals surface area contributed by atoms with Crippen LogP contribution in [-0.2, 0) is 12.0 Å². The Labute approximate surface area is 128 Å². The summed E-state index contributed by atoms with van der Waals surface area (Å²) in [5.41, 5.74) is 10.3. The van der Waals surface area contributed by atoms with Crippen LogP contribution in [0, 0.1) is 19.7 Å². The Hall–Kier alpha value is -1.19. The summed E-state index contributed by atoms with van der Waals surface area (Å²) in [4.78, 5) is 0. The molecule has 20 heavy (non-hydrogen) atoms. The summed E-state index contributed by atoms with van der Waals surface area (Å²) in [6.45, 7) is 6.10. The van der Waals surface area contributed by atoms with Crippen molar-refractivity contribution in [2.24, 2.45) is 5.73 Å². The van der Waals surface area contributed by atoms with Crippen LogP contribution in [0.25, 0.3) is 0 Å². The number of aryl methyl sites for hydroxylation is 2. The Kier molecular flexibility index (Phi) is 4.31. The van der Waals surface area contributed by atoms with Crippen LogP contribution in [0.15, 0.2) is 40.9 Å². The van der Waals surface area contributed by atoms with Crippen molar-refractivity contribution in [2.45, 2.75) is 32.7 Å². The maximum absolute atomic E-state index is 13.5. The molecular weight excluding hydrogens is 317 g/mol. The predicted octanol–water partition coefficient (Wildman–Crippen LogP) is 4.62. The lowest BCUT2D eigenvalue weighted by Crippen LogP contribution is -2.36. The first-order valence-electron chi connectivity index (χ1n) is 6.59. The number of rotatable bonds is 3. The minimum Gasteiger partial charge on any atom is -0.321 e. The lowest BCUT2D eigenvalue weighted by molar-refractivity contribution is 0.486. The summed E-state index contributed by atoms with van der Waals surface area (Å²) in [6, 6.07) is 11.2. The van der Waals surface area contributed by atoms with Crippen molar-refractivity contribution >= 4 is 15.9 Å². The molecule has 3 heteroatoms. The number of nitrogens with two attached hydrogens (primary N) is 1. The quantitative estimate of drug-likeness (QED) is 0.869. The average Bonchev–Trinajstić information content (AvgIpc) is 2.30. The van der Waals surface area contributed by atoms with Crippen LogP contribution in [0.3, 0.4) is 0 Å². The van der Waals surface area contributed by atoms with Gasteiger partial charge in [0.25, 0.3) is 0 Å². The van der Waals surface area contributed by atoms with Gasteiger partial charge in [0.05, 0.1) is 0 Å². The van der Waals surface area contributed by atoms with Crippen LogP contribution in [0.1, 0.15) is 29.2 Å². The minimum atomic E-state index is -0.524. The number of hydrogen-bond acceptors (Lipinski definition) is 1. The molecule has 0 amide bonds. The molecule has 0 aromatic heterocycles. The van der Waals surface area contributed by atoms with Crippen LogP contribution in [-0.4, -0.2) is 0 Å². The van der Waals surface area contributed by atoms with Gasteiger partial charge in [-0.3, -0.25) is 0 Å². The van der Waals surface area contributed by atoms with Crippen molar-refractivity contribution in [3.05, 3.63) is 68.9 Å². The maximum atomic E-state index is 13.5. The van der Waals surface area contributed by atoms with Crippen molar-refractivity contribution in [1.29, 1.82) is 0 Å². The smallest absolute Gasteiger partial charge is 0.124 e. The molecule has 2 aromatic rings. The molecule has 2 rings (SSSR count). The Morgan fingerprint density at radius 3 is 2.50 bits per heavy atom. The standard InChI is InChI=1S/C17H19BrFN/c1-11-4-5-12(2)16(6-11)17(3,20)10-13-7-14(18)9-15(19)8-13/h4-9H,10,20H2,1-3H3. The molecule has 0 radical (unpaired) electrons. The third-order valence-corrected chi connectivity index (χ3v) is 3.96. The average molecular weight is 336 g/mol. The van der Waals surface area contributed by atoms with Crippen LogP contribution in [0.4, 0.5) is 4.39 Å². The first-order valence-corrected chi connectivity index (χ1v) is 7.39. The molecule has 1 unspecified atom stereocenters. The first-order chi connectivity index (χ1) is 9.28. The fourth-order valence-corrected chi connectivity index (χ4v) is 3.10. The summed E-state index contributed by atoms with van der Waals surface area (Å²) in [6.07, 6.45) is 0.591. The lowest BCUT2D eigenvalue weighted by atomic mass is 9.83. The van der Waals surface area contributed by atoms with Gasteiger partial charge in [0, 0.05) is 10.0 Å². The topological polar surface area (TPSA) is 26.0 Å². The van der Waals surface area contributed by atoms with E-state index in [2.05, 4.69) is 48.0 Å². The van der Waals surface area contributed by atoms with Gasteiger partial charge in [0.2, 0.25) is 0 Å². The molecule has 0 saturated heterocycles. The van der Waals surface area contributed by atoms with Gasteiger partial charge in [0.1, 0.15) is 5.82 Å². The Balaban J connectivity index is 2.37. The molecule has 1 nitrogen and oxygen atoms in total. The first kappa shape index (κ1) is 15.2. The van der Waals surface area contributed by atoms with Gasteiger partial charge in [-0.2, -0.15) is 0 Å². The Bertz CT molecular complexity index is 615. The summed E-state index contributed by atoms with van der Waals surface area (Å²) in [5.74, 6) is -0.244. The van der Waals surface area contributed by atoms with Crippen molar-refractivity contribution in [3.63, 3.8) is 0 Å². The highest BCUT2D eigenvalue weighted by Crippen LogP contribution is 2.28. The molecule has 0 heterocycles.